The first-order valence-electron chi connectivity index (χ1n) is 7.68. The van der Waals surface area contributed by atoms with Crippen LogP contribution in [-0.2, 0) is 6.42 Å². The lowest BCUT2D eigenvalue weighted by Crippen LogP contribution is -2.08. The molecule has 0 amide bonds. The van der Waals surface area contributed by atoms with Gasteiger partial charge in [0, 0.05) is 16.6 Å². The summed E-state index contributed by atoms with van der Waals surface area (Å²) in [6.07, 6.45) is 1.000. The molecule has 1 unspecified atom stereocenters. The number of benzene rings is 3. The van der Waals surface area contributed by atoms with Crippen LogP contribution in [0.1, 0.15) is 22.7 Å². The Balaban J connectivity index is 1.79. The van der Waals surface area contributed by atoms with Crippen molar-refractivity contribution >= 4 is 16.5 Å². The number of ether oxygens (including phenoxy) is 1. The average Bonchev–Trinajstić information content (AvgIpc) is 2.99. The van der Waals surface area contributed by atoms with Crippen molar-refractivity contribution in [1.29, 1.82) is 0 Å². The van der Waals surface area contributed by atoms with Crippen molar-refractivity contribution in [3.63, 3.8) is 0 Å². The SMILES string of the molecule is COc1ccc(C)cc1C1Cc2ccc3ccccc3c2N1. The van der Waals surface area contributed by atoms with Crippen molar-refractivity contribution in [3.05, 3.63) is 71.3 Å². The van der Waals surface area contributed by atoms with Gasteiger partial charge in [-0.1, -0.05) is 54.1 Å². The molecule has 0 fully saturated rings. The first-order valence-corrected chi connectivity index (χ1v) is 7.68. The summed E-state index contributed by atoms with van der Waals surface area (Å²) < 4.78 is 5.56. The minimum atomic E-state index is 0.274. The maximum absolute atomic E-state index is 5.56. The normalized spacial score (nSPS) is 16.4. The van der Waals surface area contributed by atoms with Crippen LogP contribution in [0.5, 0.6) is 5.75 Å². The lowest BCUT2D eigenvalue weighted by molar-refractivity contribution is 0.407. The van der Waals surface area contributed by atoms with E-state index in [-0.39, 0.29) is 6.04 Å². The standard InChI is InChI=1S/C20H19NO/c1-13-7-10-19(22-2)17(11-13)18-12-15-9-8-14-5-3-4-6-16(14)20(15)21-18/h3-11,18,21H,12H2,1-2H3. The van der Waals surface area contributed by atoms with E-state index in [4.69, 9.17) is 4.74 Å². The van der Waals surface area contributed by atoms with Crippen LogP contribution in [-0.4, -0.2) is 7.11 Å². The molecule has 3 aromatic rings. The molecule has 0 saturated carbocycles. The minimum absolute atomic E-state index is 0.274. The third-order valence-electron chi connectivity index (χ3n) is 4.52. The van der Waals surface area contributed by atoms with Gasteiger partial charge in [-0.05, 0) is 30.4 Å². The fourth-order valence-corrected chi connectivity index (χ4v) is 3.42. The van der Waals surface area contributed by atoms with E-state index in [0.717, 1.165) is 12.2 Å². The highest BCUT2D eigenvalue weighted by molar-refractivity contribution is 5.96. The Morgan fingerprint density at radius 3 is 2.77 bits per heavy atom. The van der Waals surface area contributed by atoms with E-state index < -0.39 is 0 Å². The maximum atomic E-state index is 5.56. The number of fused-ring (bicyclic) bond motifs is 3. The molecule has 110 valence electrons. The molecule has 0 radical (unpaired) electrons. The van der Waals surface area contributed by atoms with Crippen molar-refractivity contribution in [1.82, 2.24) is 0 Å². The number of anilines is 1. The van der Waals surface area contributed by atoms with E-state index >= 15 is 0 Å². The highest BCUT2D eigenvalue weighted by atomic mass is 16.5. The molecular formula is C20H19NO. The first-order chi connectivity index (χ1) is 10.8. The molecule has 1 heterocycles. The van der Waals surface area contributed by atoms with Crippen LogP contribution in [0.25, 0.3) is 10.8 Å². The topological polar surface area (TPSA) is 21.3 Å². The zero-order chi connectivity index (χ0) is 15.1. The monoisotopic (exact) mass is 289 g/mol. The highest BCUT2D eigenvalue weighted by Gasteiger charge is 2.25. The number of methoxy groups -OCH3 is 1. The molecule has 0 aliphatic carbocycles. The Morgan fingerprint density at radius 1 is 1.05 bits per heavy atom. The molecule has 1 aliphatic heterocycles. The zero-order valence-corrected chi connectivity index (χ0v) is 12.9. The van der Waals surface area contributed by atoms with Gasteiger partial charge in [0.15, 0.2) is 0 Å². The predicted octanol–water partition coefficient (Wildman–Crippen LogP) is 4.87. The molecule has 1 aliphatic rings. The van der Waals surface area contributed by atoms with E-state index in [2.05, 4.69) is 66.8 Å². The van der Waals surface area contributed by atoms with Crippen LogP contribution in [0.4, 0.5) is 5.69 Å². The summed E-state index contributed by atoms with van der Waals surface area (Å²) in [4.78, 5) is 0. The van der Waals surface area contributed by atoms with E-state index in [9.17, 15) is 0 Å². The molecule has 0 aromatic heterocycles. The van der Waals surface area contributed by atoms with E-state index in [1.807, 2.05) is 0 Å². The second-order valence-electron chi connectivity index (χ2n) is 5.97. The number of nitrogens with one attached hydrogen (secondary N) is 1. The van der Waals surface area contributed by atoms with Crippen LogP contribution in [0.3, 0.4) is 0 Å². The molecular weight excluding hydrogens is 270 g/mol. The van der Waals surface area contributed by atoms with Gasteiger partial charge in [0.1, 0.15) is 5.75 Å². The molecule has 1 N–H and O–H groups in total. The van der Waals surface area contributed by atoms with Crippen LogP contribution in [0, 0.1) is 6.92 Å². The van der Waals surface area contributed by atoms with Crippen molar-refractivity contribution in [2.75, 3.05) is 12.4 Å². The van der Waals surface area contributed by atoms with Gasteiger partial charge in [-0.15, -0.1) is 0 Å². The van der Waals surface area contributed by atoms with Crippen molar-refractivity contribution in [2.45, 2.75) is 19.4 Å². The van der Waals surface area contributed by atoms with Crippen molar-refractivity contribution in [3.8, 4) is 5.75 Å². The summed E-state index contributed by atoms with van der Waals surface area (Å²) in [6, 6.07) is 19.7. The Hall–Kier alpha value is -2.48. The lowest BCUT2D eigenvalue weighted by atomic mass is 9.99. The van der Waals surface area contributed by atoms with Gasteiger partial charge in [0.2, 0.25) is 0 Å². The van der Waals surface area contributed by atoms with Crippen molar-refractivity contribution < 1.29 is 4.74 Å². The van der Waals surface area contributed by atoms with Gasteiger partial charge in [0.05, 0.1) is 13.2 Å². The number of hydrogen-bond acceptors (Lipinski definition) is 2. The molecule has 3 aromatic carbocycles. The van der Waals surface area contributed by atoms with Crippen LogP contribution >= 0.6 is 0 Å². The highest BCUT2D eigenvalue weighted by Crippen LogP contribution is 2.41. The van der Waals surface area contributed by atoms with E-state index in [1.165, 1.54) is 33.2 Å². The van der Waals surface area contributed by atoms with Gasteiger partial charge in [0.25, 0.3) is 0 Å². The summed E-state index contributed by atoms with van der Waals surface area (Å²) in [5, 5.41) is 6.30. The van der Waals surface area contributed by atoms with Gasteiger partial charge in [-0.25, -0.2) is 0 Å². The smallest absolute Gasteiger partial charge is 0.124 e. The third-order valence-corrected chi connectivity index (χ3v) is 4.52. The molecule has 0 spiro atoms. The van der Waals surface area contributed by atoms with Gasteiger partial charge < -0.3 is 10.1 Å². The summed E-state index contributed by atoms with van der Waals surface area (Å²) >= 11 is 0. The largest absolute Gasteiger partial charge is 0.496 e. The van der Waals surface area contributed by atoms with Crippen LogP contribution in [0.2, 0.25) is 0 Å². The first kappa shape index (κ1) is 13.2. The average molecular weight is 289 g/mol. The fourth-order valence-electron chi connectivity index (χ4n) is 3.42. The quantitative estimate of drug-likeness (QED) is 0.727. The fraction of sp³-hybridized carbons (Fsp3) is 0.200. The maximum Gasteiger partial charge on any atom is 0.124 e. The second kappa shape index (κ2) is 5.06. The Labute approximate surface area is 130 Å². The van der Waals surface area contributed by atoms with Gasteiger partial charge >= 0.3 is 0 Å². The summed E-state index contributed by atoms with van der Waals surface area (Å²) in [5.41, 5.74) is 5.15. The molecule has 0 saturated heterocycles. The predicted molar refractivity (Wildman–Crippen MR) is 91.7 cm³/mol. The summed E-state index contributed by atoms with van der Waals surface area (Å²) in [7, 11) is 1.74. The van der Waals surface area contributed by atoms with Crippen LogP contribution in [0.15, 0.2) is 54.6 Å². The summed E-state index contributed by atoms with van der Waals surface area (Å²) in [6.45, 7) is 2.13. The number of aryl methyl sites for hydroxylation is 1. The summed E-state index contributed by atoms with van der Waals surface area (Å²) in [5.74, 6) is 0.959. The van der Waals surface area contributed by atoms with Gasteiger partial charge in [-0.2, -0.15) is 0 Å². The molecule has 4 rings (SSSR count). The van der Waals surface area contributed by atoms with Crippen molar-refractivity contribution in [2.24, 2.45) is 0 Å². The Kier molecular flexibility index (Phi) is 3.04. The number of rotatable bonds is 2. The van der Waals surface area contributed by atoms with E-state index in [0.29, 0.717) is 0 Å². The zero-order valence-electron chi connectivity index (χ0n) is 12.9. The van der Waals surface area contributed by atoms with Gasteiger partial charge in [-0.3, -0.25) is 0 Å². The molecule has 0 bridgehead atoms. The van der Waals surface area contributed by atoms with Crippen LogP contribution < -0.4 is 10.1 Å². The lowest BCUT2D eigenvalue weighted by Gasteiger charge is -2.16. The molecule has 22 heavy (non-hydrogen) atoms. The Morgan fingerprint density at radius 2 is 1.91 bits per heavy atom. The molecule has 2 heteroatoms. The second-order valence-corrected chi connectivity index (χ2v) is 5.97. The third kappa shape index (κ3) is 2.03. The molecule has 1 atom stereocenters. The molecule has 2 nitrogen and oxygen atoms in total. The van der Waals surface area contributed by atoms with E-state index in [1.54, 1.807) is 7.11 Å². The number of hydrogen-bond donors (Lipinski definition) is 1. The minimum Gasteiger partial charge on any atom is -0.496 e. The Bertz CT molecular complexity index is 853.